The van der Waals surface area contributed by atoms with Crippen molar-refractivity contribution in [2.75, 3.05) is 23.4 Å². The van der Waals surface area contributed by atoms with E-state index in [0.717, 1.165) is 16.7 Å². The fraction of sp³-hybridized carbons (Fsp3) is 0.318. The van der Waals surface area contributed by atoms with Crippen LogP contribution in [0.3, 0.4) is 0 Å². The number of amides is 2. The Bertz CT molecular complexity index is 953. The summed E-state index contributed by atoms with van der Waals surface area (Å²) in [6, 6.07) is 11.0. The van der Waals surface area contributed by atoms with E-state index in [1.54, 1.807) is 23.1 Å². The van der Waals surface area contributed by atoms with Gasteiger partial charge in [0.25, 0.3) is 5.91 Å². The molecule has 1 N–H and O–H groups in total. The zero-order valence-corrected chi connectivity index (χ0v) is 17.4. The van der Waals surface area contributed by atoms with Crippen molar-refractivity contribution in [3.05, 3.63) is 58.1 Å². The molecule has 0 aliphatic carbocycles. The molecule has 1 heterocycles. The summed E-state index contributed by atoms with van der Waals surface area (Å²) in [6.45, 7) is 5.43. The van der Waals surface area contributed by atoms with Crippen LogP contribution in [0, 0.1) is 26.7 Å². The van der Waals surface area contributed by atoms with Gasteiger partial charge in [-0.15, -0.1) is 0 Å². The number of carbonyl (C=O) groups excluding carboxylic acids is 3. The molecule has 2 aromatic carbocycles. The predicted octanol–water partition coefficient (Wildman–Crippen LogP) is 3.80. The van der Waals surface area contributed by atoms with E-state index >= 15 is 0 Å². The molecule has 7 heteroatoms. The average molecular weight is 415 g/mol. The molecule has 29 heavy (non-hydrogen) atoms. The minimum Gasteiger partial charge on any atom is -0.455 e. The first kappa shape index (κ1) is 20.9. The SMILES string of the molecule is Cc1cccc(C)c1NC(=O)COC(=O)[C@@H]1CC(=O)N(c2cccc(Cl)c2C)C1. The van der Waals surface area contributed by atoms with Crippen LogP contribution in [0.2, 0.25) is 5.02 Å². The predicted molar refractivity (Wildman–Crippen MR) is 112 cm³/mol. The average Bonchev–Trinajstić information content (AvgIpc) is 3.06. The quantitative estimate of drug-likeness (QED) is 0.755. The summed E-state index contributed by atoms with van der Waals surface area (Å²) in [6.07, 6.45) is 0.0449. The highest BCUT2D eigenvalue weighted by Gasteiger charge is 2.37. The van der Waals surface area contributed by atoms with Gasteiger partial charge in [0.05, 0.1) is 5.92 Å². The molecule has 2 aromatic rings. The number of hydrogen-bond donors (Lipinski definition) is 1. The summed E-state index contributed by atoms with van der Waals surface area (Å²) >= 11 is 6.14. The molecule has 1 aliphatic heterocycles. The number of aryl methyl sites for hydroxylation is 2. The smallest absolute Gasteiger partial charge is 0.311 e. The van der Waals surface area contributed by atoms with E-state index in [1.807, 2.05) is 39.0 Å². The van der Waals surface area contributed by atoms with E-state index in [2.05, 4.69) is 5.32 Å². The van der Waals surface area contributed by atoms with Crippen molar-refractivity contribution in [3.8, 4) is 0 Å². The third kappa shape index (κ3) is 4.59. The summed E-state index contributed by atoms with van der Waals surface area (Å²) in [5, 5.41) is 3.33. The van der Waals surface area contributed by atoms with Gasteiger partial charge in [0, 0.05) is 29.4 Å². The molecule has 2 amide bonds. The molecule has 0 aromatic heterocycles. The Balaban J connectivity index is 1.58. The van der Waals surface area contributed by atoms with Crippen LogP contribution in [0.25, 0.3) is 0 Å². The summed E-state index contributed by atoms with van der Waals surface area (Å²) in [5.41, 5.74) is 4.04. The first-order valence-corrected chi connectivity index (χ1v) is 9.74. The fourth-order valence-corrected chi connectivity index (χ4v) is 3.60. The number of para-hydroxylation sites is 1. The third-order valence-corrected chi connectivity index (χ3v) is 5.49. The number of anilines is 2. The van der Waals surface area contributed by atoms with E-state index < -0.39 is 24.4 Å². The van der Waals surface area contributed by atoms with Crippen molar-refractivity contribution in [2.24, 2.45) is 5.92 Å². The number of nitrogens with one attached hydrogen (secondary N) is 1. The van der Waals surface area contributed by atoms with Gasteiger partial charge in [-0.25, -0.2) is 0 Å². The normalized spacial score (nSPS) is 16.1. The second kappa shape index (κ2) is 8.66. The van der Waals surface area contributed by atoms with Gasteiger partial charge in [0.1, 0.15) is 0 Å². The van der Waals surface area contributed by atoms with Gasteiger partial charge >= 0.3 is 5.97 Å². The van der Waals surface area contributed by atoms with Crippen molar-refractivity contribution in [1.82, 2.24) is 0 Å². The highest BCUT2D eigenvalue weighted by molar-refractivity contribution is 6.31. The molecular weight excluding hydrogens is 392 g/mol. The number of esters is 1. The number of hydrogen-bond acceptors (Lipinski definition) is 4. The van der Waals surface area contributed by atoms with Crippen LogP contribution < -0.4 is 10.2 Å². The van der Waals surface area contributed by atoms with Crippen LogP contribution in [0.1, 0.15) is 23.1 Å². The molecule has 0 radical (unpaired) electrons. The molecular formula is C22H23ClN2O4. The maximum Gasteiger partial charge on any atom is 0.311 e. The first-order chi connectivity index (χ1) is 13.8. The highest BCUT2D eigenvalue weighted by atomic mass is 35.5. The van der Waals surface area contributed by atoms with E-state index in [9.17, 15) is 14.4 Å². The maximum absolute atomic E-state index is 12.4. The molecule has 0 unspecified atom stereocenters. The van der Waals surface area contributed by atoms with E-state index in [0.29, 0.717) is 16.4 Å². The van der Waals surface area contributed by atoms with Gasteiger partial charge in [-0.3, -0.25) is 14.4 Å². The lowest BCUT2D eigenvalue weighted by Crippen LogP contribution is -2.28. The van der Waals surface area contributed by atoms with Crippen molar-refractivity contribution >= 4 is 40.8 Å². The summed E-state index contributed by atoms with van der Waals surface area (Å²) < 4.78 is 5.17. The molecule has 1 atom stereocenters. The lowest BCUT2D eigenvalue weighted by Gasteiger charge is -2.19. The van der Waals surface area contributed by atoms with E-state index in [4.69, 9.17) is 16.3 Å². The number of halogens is 1. The van der Waals surface area contributed by atoms with Crippen LogP contribution in [0.5, 0.6) is 0 Å². The Kier molecular flexibility index (Phi) is 6.23. The van der Waals surface area contributed by atoms with Gasteiger partial charge in [0.15, 0.2) is 6.61 Å². The topological polar surface area (TPSA) is 75.7 Å². The van der Waals surface area contributed by atoms with Gasteiger partial charge in [-0.1, -0.05) is 35.9 Å². The van der Waals surface area contributed by atoms with Crippen molar-refractivity contribution < 1.29 is 19.1 Å². The zero-order valence-electron chi connectivity index (χ0n) is 16.6. The Morgan fingerprint density at radius 2 is 1.79 bits per heavy atom. The molecule has 1 saturated heterocycles. The van der Waals surface area contributed by atoms with E-state index in [1.165, 1.54) is 0 Å². The zero-order chi connectivity index (χ0) is 21.1. The Labute approximate surface area is 174 Å². The Hall–Kier alpha value is -2.86. The summed E-state index contributed by atoms with van der Waals surface area (Å²) in [7, 11) is 0. The van der Waals surface area contributed by atoms with Crippen LogP contribution >= 0.6 is 11.6 Å². The fourth-order valence-electron chi connectivity index (χ4n) is 3.43. The van der Waals surface area contributed by atoms with E-state index in [-0.39, 0.29) is 18.9 Å². The number of nitrogens with zero attached hydrogens (tertiary/aromatic N) is 1. The van der Waals surface area contributed by atoms with Crippen LogP contribution in [0.15, 0.2) is 36.4 Å². The molecule has 0 spiro atoms. The van der Waals surface area contributed by atoms with Gasteiger partial charge in [-0.05, 0) is 49.6 Å². The monoisotopic (exact) mass is 414 g/mol. The highest BCUT2D eigenvalue weighted by Crippen LogP contribution is 2.31. The number of rotatable bonds is 5. The number of ether oxygens (including phenoxy) is 1. The molecule has 1 fully saturated rings. The second-order valence-electron chi connectivity index (χ2n) is 7.21. The van der Waals surface area contributed by atoms with Gasteiger partial charge < -0.3 is 15.0 Å². The molecule has 0 saturated carbocycles. The lowest BCUT2D eigenvalue weighted by atomic mass is 10.1. The minimum absolute atomic E-state index is 0.0449. The second-order valence-corrected chi connectivity index (χ2v) is 7.62. The summed E-state index contributed by atoms with van der Waals surface area (Å²) in [4.78, 5) is 38.5. The summed E-state index contributed by atoms with van der Waals surface area (Å²) in [5.74, 6) is -1.76. The standard InChI is InChI=1S/C22H23ClN2O4/c1-13-6-4-7-14(2)21(13)24-19(26)12-29-22(28)16-10-20(27)25(11-16)18-9-5-8-17(23)15(18)3/h4-9,16H,10-12H2,1-3H3,(H,24,26)/t16-/m1/s1. The van der Waals surface area contributed by atoms with Crippen LogP contribution in [0.4, 0.5) is 11.4 Å². The third-order valence-electron chi connectivity index (χ3n) is 5.08. The Morgan fingerprint density at radius 3 is 2.48 bits per heavy atom. The van der Waals surface area contributed by atoms with Gasteiger partial charge in [-0.2, -0.15) is 0 Å². The molecule has 6 nitrogen and oxygen atoms in total. The van der Waals surface area contributed by atoms with Gasteiger partial charge in [0.2, 0.25) is 5.91 Å². The van der Waals surface area contributed by atoms with Crippen molar-refractivity contribution in [2.45, 2.75) is 27.2 Å². The number of carbonyl (C=O) groups is 3. The number of benzene rings is 2. The molecule has 3 rings (SSSR count). The molecule has 152 valence electrons. The molecule has 1 aliphatic rings. The molecule has 0 bridgehead atoms. The minimum atomic E-state index is -0.617. The van der Waals surface area contributed by atoms with Crippen molar-refractivity contribution in [3.63, 3.8) is 0 Å². The first-order valence-electron chi connectivity index (χ1n) is 9.36. The largest absolute Gasteiger partial charge is 0.455 e. The van der Waals surface area contributed by atoms with Crippen LogP contribution in [-0.4, -0.2) is 30.9 Å². The lowest BCUT2D eigenvalue weighted by molar-refractivity contribution is -0.151. The maximum atomic E-state index is 12.4. The van der Waals surface area contributed by atoms with Crippen molar-refractivity contribution in [1.29, 1.82) is 0 Å². The Morgan fingerprint density at radius 1 is 1.14 bits per heavy atom. The van der Waals surface area contributed by atoms with Crippen LogP contribution in [-0.2, 0) is 19.1 Å².